The van der Waals surface area contributed by atoms with E-state index in [9.17, 15) is 77.6 Å². The van der Waals surface area contributed by atoms with E-state index in [1.54, 1.807) is 41.5 Å². The van der Waals surface area contributed by atoms with Crippen LogP contribution in [0.25, 0.3) is 0 Å². The summed E-state index contributed by atoms with van der Waals surface area (Å²) in [5.41, 5.74) is 11.1. The molecule has 78 heavy (non-hydrogen) atoms. The van der Waals surface area contributed by atoms with E-state index in [1.165, 1.54) is 40.2 Å². The normalized spacial score (nSPS) is 15.8. The van der Waals surface area contributed by atoms with Crippen LogP contribution in [0.3, 0.4) is 0 Å². The number of rotatable bonds is 35. The van der Waals surface area contributed by atoms with E-state index in [2.05, 4.69) is 63.1 Å². The number of carboxylic acid groups (broad SMARTS) is 2. The zero-order valence-electron chi connectivity index (χ0n) is 45.6. The molecule has 0 fully saturated rings. The Balaban J connectivity index is 3.28. The minimum atomic E-state index is -1.64. The first-order valence-electron chi connectivity index (χ1n) is 25.4. The van der Waals surface area contributed by atoms with Gasteiger partial charge in [-0.3, -0.25) is 57.5 Å². The predicted molar refractivity (Wildman–Crippen MR) is 276 cm³/mol. The number of nitrogens with zero attached hydrogens (tertiary/aromatic N) is 1. The lowest BCUT2D eigenvalue weighted by Crippen LogP contribution is -2.62. The molecule has 0 bridgehead atoms. The second-order valence-corrected chi connectivity index (χ2v) is 19.9. The molecule has 0 radical (unpaired) electrons. The van der Waals surface area contributed by atoms with Gasteiger partial charge in [0.2, 0.25) is 65.0 Å². The van der Waals surface area contributed by atoms with Crippen LogP contribution in [0.4, 0.5) is 0 Å². The SMILES string of the molecule is CC[C@H](C)[C@H](NC(=O)[C@H](CCC(=O)O)NC(=O)[C@H](C)NC(=O)[C@H](C)NC(=O)[C@H](Cc1cnc[nH]1)NC(=O)[C@H](CC(N)=O)NC(=O)CNC(=O)[C@H](C)N)C(=O)N[C@@H](CC(C)C)C(=O)N[C@H](C(=O)N[C@@H](CC(C)C)C(=O)O)[C@@H](C)O. The maximum atomic E-state index is 14.0. The van der Waals surface area contributed by atoms with Gasteiger partial charge in [0.1, 0.15) is 54.4 Å². The zero-order chi connectivity index (χ0) is 59.7. The van der Waals surface area contributed by atoms with Crippen LogP contribution in [0, 0.1) is 17.8 Å². The van der Waals surface area contributed by atoms with Crippen LogP contribution >= 0.6 is 0 Å². The highest BCUT2D eigenvalue weighted by atomic mass is 16.4. The number of hydrogen-bond donors (Lipinski definition) is 16. The van der Waals surface area contributed by atoms with Gasteiger partial charge in [0.05, 0.1) is 31.4 Å². The molecular formula is C48H80N14O16. The van der Waals surface area contributed by atoms with Crippen molar-refractivity contribution in [3.05, 3.63) is 18.2 Å². The van der Waals surface area contributed by atoms with Crippen molar-refractivity contribution in [1.82, 2.24) is 63.1 Å². The molecule has 1 aromatic rings. The number of aliphatic hydroxyl groups excluding tert-OH is 1. The molecule has 18 N–H and O–H groups in total. The number of aliphatic carboxylic acids is 2. The molecule has 0 aromatic carbocycles. The number of H-pyrrole nitrogens is 1. The monoisotopic (exact) mass is 1110 g/mol. The molecule has 12 atom stereocenters. The van der Waals surface area contributed by atoms with Crippen LogP contribution in [0.5, 0.6) is 0 Å². The minimum absolute atomic E-state index is 0.0108. The number of aromatic nitrogens is 2. The van der Waals surface area contributed by atoms with Gasteiger partial charge in [0.15, 0.2) is 0 Å². The average Bonchev–Trinajstić information content (AvgIpc) is 3.86. The molecule has 11 amide bonds. The van der Waals surface area contributed by atoms with Gasteiger partial charge in [-0.1, -0.05) is 48.0 Å². The lowest BCUT2D eigenvalue weighted by molar-refractivity contribution is -0.143. The van der Waals surface area contributed by atoms with Crippen LogP contribution in [-0.2, 0) is 68.7 Å². The molecule has 0 unspecified atom stereocenters. The Morgan fingerprint density at radius 2 is 1.05 bits per heavy atom. The minimum Gasteiger partial charge on any atom is -0.481 e. The predicted octanol–water partition coefficient (Wildman–Crippen LogP) is -4.84. The Kier molecular flexibility index (Phi) is 29.2. The number of hydrogen-bond acceptors (Lipinski definition) is 16. The summed E-state index contributed by atoms with van der Waals surface area (Å²) in [5, 5.41) is 53.5. The Bertz CT molecular complexity index is 2260. The van der Waals surface area contributed by atoms with Gasteiger partial charge in [-0.25, -0.2) is 9.78 Å². The van der Waals surface area contributed by atoms with Crippen molar-refractivity contribution in [1.29, 1.82) is 0 Å². The molecule has 30 nitrogen and oxygen atoms in total. The summed E-state index contributed by atoms with van der Waals surface area (Å²) < 4.78 is 0. The number of imidazole rings is 1. The lowest BCUT2D eigenvalue weighted by Gasteiger charge is -2.30. The zero-order valence-corrected chi connectivity index (χ0v) is 45.6. The number of primary amides is 1. The van der Waals surface area contributed by atoms with E-state index in [4.69, 9.17) is 11.5 Å². The highest BCUT2D eigenvalue weighted by molar-refractivity contribution is 5.99. The fourth-order valence-corrected chi connectivity index (χ4v) is 7.23. The van der Waals surface area contributed by atoms with E-state index in [1.807, 2.05) is 0 Å². The first kappa shape index (κ1) is 68.3. The largest absolute Gasteiger partial charge is 0.481 e. The maximum absolute atomic E-state index is 14.0. The molecular weight excluding hydrogens is 1030 g/mol. The van der Waals surface area contributed by atoms with Crippen molar-refractivity contribution in [3.63, 3.8) is 0 Å². The van der Waals surface area contributed by atoms with Crippen LogP contribution in [0.15, 0.2) is 12.5 Å². The first-order valence-corrected chi connectivity index (χ1v) is 25.4. The molecule has 1 rings (SSSR count). The van der Waals surface area contributed by atoms with Crippen LogP contribution in [0.1, 0.15) is 113 Å². The number of nitrogens with two attached hydrogens (primary N) is 2. The third-order valence-corrected chi connectivity index (χ3v) is 11.8. The Labute approximate surface area is 451 Å². The summed E-state index contributed by atoms with van der Waals surface area (Å²) in [6, 6.07) is -14.4. The standard InChI is InChI=1S/C48H80N14O16/c1-11-23(6)37(46(75)59-30(14-21(2)3)45(74)62-38(27(10)63)47(76)60-33(48(77)78)15-22(4)5)61-42(71)29(12-13-36(66)67)57-41(70)26(9)54-40(69)25(8)55-43(72)31(16-28-18-51-20-53-28)58-44(73)32(17-34(50)64)56-35(65)19-52-39(68)24(7)49/h18,20-27,29-33,37-38,63H,11-17,19,49H2,1-10H3,(H2,50,64)(H,51,53)(H,52,68)(H,54,69)(H,55,72)(H,56,65)(H,57,70)(H,58,73)(H,59,75)(H,60,76)(H,61,71)(H,62,74)(H,66,67)(H,77,78)/t23-,24-,25-,26-,27+,29-,30-,31-,32-,33-,37-,38-/m0/s1. The van der Waals surface area contributed by atoms with E-state index < -0.39 is 175 Å². The van der Waals surface area contributed by atoms with Gasteiger partial charge < -0.3 is 84.9 Å². The number of carbonyl (C=O) groups is 13. The van der Waals surface area contributed by atoms with E-state index in [0.717, 1.165) is 0 Å². The van der Waals surface area contributed by atoms with Crippen LogP contribution in [0.2, 0.25) is 0 Å². The molecule has 1 aromatic heterocycles. The Morgan fingerprint density at radius 1 is 0.577 bits per heavy atom. The van der Waals surface area contributed by atoms with Gasteiger partial charge in [-0.2, -0.15) is 0 Å². The highest BCUT2D eigenvalue weighted by Crippen LogP contribution is 2.14. The van der Waals surface area contributed by atoms with Gasteiger partial charge in [0.25, 0.3) is 0 Å². The molecule has 30 heteroatoms. The summed E-state index contributed by atoms with van der Waals surface area (Å²) in [6.45, 7) is 14.6. The highest BCUT2D eigenvalue weighted by Gasteiger charge is 2.37. The summed E-state index contributed by atoms with van der Waals surface area (Å²) in [6.07, 6.45) is -0.739. The number of carbonyl (C=O) groups excluding carboxylic acids is 11. The van der Waals surface area contributed by atoms with Crippen LogP contribution in [-0.4, -0.2) is 175 Å². The molecule has 0 spiro atoms. The van der Waals surface area contributed by atoms with Crippen molar-refractivity contribution >= 4 is 76.9 Å². The second kappa shape index (κ2) is 33.4. The molecule has 0 saturated carbocycles. The third-order valence-electron chi connectivity index (χ3n) is 11.8. The number of aliphatic hydroxyl groups is 1. The number of amides is 11. The van der Waals surface area contributed by atoms with Gasteiger partial charge in [0, 0.05) is 24.7 Å². The lowest BCUT2D eigenvalue weighted by atomic mass is 9.96. The van der Waals surface area contributed by atoms with Gasteiger partial charge in [-0.05, 0) is 64.7 Å². The van der Waals surface area contributed by atoms with Crippen molar-refractivity contribution in [2.24, 2.45) is 29.2 Å². The molecule has 0 aliphatic carbocycles. The van der Waals surface area contributed by atoms with Crippen molar-refractivity contribution in [2.45, 2.75) is 181 Å². The van der Waals surface area contributed by atoms with E-state index >= 15 is 0 Å². The summed E-state index contributed by atoms with van der Waals surface area (Å²) in [5.74, 6) is -14.1. The first-order chi connectivity index (χ1) is 36.3. The second-order valence-electron chi connectivity index (χ2n) is 19.9. The molecule has 0 aliphatic rings. The quantitative estimate of drug-likeness (QED) is 0.0303. The van der Waals surface area contributed by atoms with Gasteiger partial charge in [-0.15, -0.1) is 0 Å². The number of nitrogens with one attached hydrogen (secondary N) is 11. The molecule has 1 heterocycles. The fraction of sp³-hybridized carbons (Fsp3) is 0.667. The summed E-state index contributed by atoms with van der Waals surface area (Å²) in [7, 11) is 0. The Hall–Kier alpha value is -7.76. The average molecular weight is 1110 g/mol. The number of carboxylic acids is 2. The smallest absolute Gasteiger partial charge is 0.326 e. The van der Waals surface area contributed by atoms with Gasteiger partial charge >= 0.3 is 11.9 Å². The maximum Gasteiger partial charge on any atom is 0.326 e. The number of aromatic amines is 1. The van der Waals surface area contributed by atoms with Crippen LogP contribution < -0.4 is 64.6 Å². The van der Waals surface area contributed by atoms with Crippen molar-refractivity contribution in [3.8, 4) is 0 Å². The Morgan fingerprint density at radius 3 is 1.55 bits per heavy atom. The van der Waals surface area contributed by atoms with E-state index in [0.29, 0.717) is 5.69 Å². The summed E-state index contributed by atoms with van der Waals surface area (Å²) >= 11 is 0. The molecule has 0 aliphatic heterocycles. The fourth-order valence-electron chi connectivity index (χ4n) is 7.23. The van der Waals surface area contributed by atoms with E-state index in [-0.39, 0.29) is 37.5 Å². The topological polar surface area (TPSA) is 484 Å². The van der Waals surface area contributed by atoms with Crippen molar-refractivity contribution in [2.75, 3.05) is 6.54 Å². The summed E-state index contributed by atoms with van der Waals surface area (Å²) in [4.78, 5) is 175. The molecule has 438 valence electrons. The third kappa shape index (κ3) is 24.9. The van der Waals surface area contributed by atoms with Crippen molar-refractivity contribution < 1.29 is 77.6 Å². The molecule has 0 saturated heterocycles.